The van der Waals surface area contributed by atoms with E-state index in [2.05, 4.69) is 43.7 Å². The number of aromatic nitrogens is 2. The Morgan fingerprint density at radius 2 is 1.94 bits per heavy atom. The molecule has 90 valence electrons. The average molecular weight is 247 g/mol. The molecule has 0 aliphatic rings. The van der Waals surface area contributed by atoms with Crippen LogP contribution < -0.4 is 5.73 Å². The smallest absolute Gasteiger partial charge is 0.172 e. The van der Waals surface area contributed by atoms with E-state index >= 15 is 0 Å². The molecular formula is C13H17N3S. The Balaban J connectivity index is 2.57. The van der Waals surface area contributed by atoms with E-state index in [1.807, 2.05) is 11.4 Å². The number of hydrogen-bond acceptors (Lipinski definition) is 4. The van der Waals surface area contributed by atoms with Crippen molar-refractivity contribution < 1.29 is 0 Å². The van der Waals surface area contributed by atoms with Gasteiger partial charge in [0.15, 0.2) is 5.82 Å². The molecule has 0 radical (unpaired) electrons. The summed E-state index contributed by atoms with van der Waals surface area (Å²) in [6.07, 6.45) is 0. The van der Waals surface area contributed by atoms with Crippen LogP contribution in [0.5, 0.6) is 0 Å². The summed E-state index contributed by atoms with van der Waals surface area (Å²) in [4.78, 5) is 10.1. The standard InChI is InChI=1S/C13H17N3S/c1-8-5-6-17-11(8)12-15-9(13(2,3)4)7-10(14)16-12/h5-7H,1-4H3,(H2,14,15,16). The van der Waals surface area contributed by atoms with Gasteiger partial charge in [-0.05, 0) is 23.9 Å². The number of hydrogen-bond donors (Lipinski definition) is 1. The highest BCUT2D eigenvalue weighted by Crippen LogP contribution is 2.29. The summed E-state index contributed by atoms with van der Waals surface area (Å²) in [5, 5.41) is 2.05. The number of aryl methyl sites for hydroxylation is 1. The third-order valence-corrected chi connectivity index (χ3v) is 3.59. The first-order valence-corrected chi connectivity index (χ1v) is 6.45. The number of thiophene rings is 1. The first-order valence-electron chi connectivity index (χ1n) is 5.57. The minimum absolute atomic E-state index is 0.0169. The first-order chi connectivity index (χ1) is 7.88. The molecular weight excluding hydrogens is 230 g/mol. The number of rotatable bonds is 1. The van der Waals surface area contributed by atoms with Crippen molar-refractivity contribution in [2.75, 3.05) is 5.73 Å². The van der Waals surface area contributed by atoms with Crippen LogP contribution >= 0.6 is 11.3 Å². The number of nitrogens with zero attached hydrogens (tertiary/aromatic N) is 2. The van der Waals surface area contributed by atoms with Gasteiger partial charge in [-0.3, -0.25) is 0 Å². The summed E-state index contributed by atoms with van der Waals surface area (Å²) in [6.45, 7) is 8.44. The van der Waals surface area contributed by atoms with Crippen molar-refractivity contribution in [3.05, 3.63) is 28.8 Å². The van der Waals surface area contributed by atoms with Crippen LogP contribution in [0.25, 0.3) is 10.7 Å². The highest BCUT2D eigenvalue weighted by Gasteiger charge is 2.18. The van der Waals surface area contributed by atoms with Crippen molar-refractivity contribution in [2.24, 2.45) is 0 Å². The molecule has 0 aromatic carbocycles. The lowest BCUT2D eigenvalue weighted by Crippen LogP contribution is -2.15. The largest absolute Gasteiger partial charge is 0.384 e. The predicted octanol–water partition coefficient (Wildman–Crippen LogP) is 3.39. The van der Waals surface area contributed by atoms with Crippen LogP contribution in [0.1, 0.15) is 32.0 Å². The molecule has 17 heavy (non-hydrogen) atoms. The zero-order valence-corrected chi connectivity index (χ0v) is 11.4. The second kappa shape index (κ2) is 4.11. The minimum atomic E-state index is -0.0169. The van der Waals surface area contributed by atoms with Gasteiger partial charge in [0.1, 0.15) is 5.82 Å². The lowest BCUT2D eigenvalue weighted by Gasteiger charge is -2.18. The van der Waals surface area contributed by atoms with Crippen molar-refractivity contribution in [2.45, 2.75) is 33.1 Å². The quantitative estimate of drug-likeness (QED) is 0.840. The Labute approximate surface area is 106 Å². The Bertz CT molecular complexity index is 538. The SMILES string of the molecule is Cc1ccsc1-c1nc(N)cc(C(C)(C)C)n1. The van der Waals surface area contributed by atoms with Gasteiger partial charge >= 0.3 is 0 Å². The van der Waals surface area contributed by atoms with E-state index in [1.54, 1.807) is 11.3 Å². The molecule has 0 aliphatic heterocycles. The molecule has 2 aromatic heterocycles. The van der Waals surface area contributed by atoms with Crippen LogP contribution in [0.4, 0.5) is 5.82 Å². The average Bonchev–Trinajstić information content (AvgIpc) is 2.62. The molecule has 0 fully saturated rings. The van der Waals surface area contributed by atoms with Gasteiger partial charge in [-0.25, -0.2) is 9.97 Å². The monoisotopic (exact) mass is 247 g/mol. The Morgan fingerprint density at radius 3 is 2.47 bits per heavy atom. The fraction of sp³-hybridized carbons (Fsp3) is 0.385. The Morgan fingerprint density at radius 1 is 1.24 bits per heavy atom. The molecule has 0 spiro atoms. The summed E-state index contributed by atoms with van der Waals surface area (Å²) >= 11 is 1.65. The van der Waals surface area contributed by atoms with E-state index in [4.69, 9.17) is 5.73 Å². The number of nitrogen functional groups attached to an aromatic ring is 1. The van der Waals surface area contributed by atoms with Crippen molar-refractivity contribution in [1.29, 1.82) is 0 Å². The van der Waals surface area contributed by atoms with Crippen LogP contribution in [0, 0.1) is 6.92 Å². The van der Waals surface area contributed by atoms with E-state index in [-0.39, 0.29) is 5.41 Å². The summed E-state index contributed by atoms with van der Waals surface area (Å²) < 4.78 is 0. The van der Waals surface area contributed by atoms with Gasteiger partial charge in [-0.1, -0.05) is 20.8 Å². The third kappa shape index (κ3) is 2.47. The van der Waals surface area contributed by atoms with E-state index in [1.165, 1.54) is 5.56 Å². The molecule has 0 aliphatic carbocycles. The van der Waals surface area contributed by atoms with Gasteiger partial charge in [0, 0.05) is 11.5 Å². The molecule has 0 amide bonds. The van der Waals surface area contributed by atoms with E-state index in [0.29, 0.717) is 5.82 Å². The number of nitrogens with two attached hydrogens (primary N) is 1. The zero-order valence-electron chi connectivity index (χ0n) is 10.6. The van der Waals surface area contributed by atoms with Crippen LogP contribution in [-0.2, 0) is 5.41 Å². The zero-order chi connectivity index (χ0) is 12.6. The number of anilines is 1. The maximum atomic E-state index is 5.87. The summed E-state index contributed by atoms with van der Waals surface area (Å²) in [5.41, 5.74) is 8.02. The van der Waals surface area contributed by atoms with Crippen LogP contribution in [0.3, 0.4) is 0 Å². The summed E-state index contributed by atoms with van der Waals surface area (Å²) in [5.74, 6) is 1.27. The Hall–Kier alpha value is -1.42. The van der Waals surface area contributed by atoms with Gasteiger partial charge in [0.05, 0.1) is 10.6 Å². The predicted molar refractivity (Wildman–Crippen MR) is 73.2 cm³/mol. The molecule has 4 heteroatoms. The fourth-order valence-corrected chi connectivity index (χ4v) is 2.41. The third-order valence-electron chi connectivity index (χ3n) is 2.58. The van der Waals surface area contributed by atoms with Gasteiger partial charge in [0.2, 0.25) is 0 Å². The van der Waals surface area contributed by atoms with Gasteiger partial charge in [0.25, 0.3) is 0 Å². The molecule has 0 saturated carbocycles. The Kier molecular flexibility index (Phi) is 2.91. The molecule has 2 aromatic rings. The molecule has 0 atom stereocenters. The van der Waals surface area contributed by atoms with Crippen LogP contribution in [0.15, 0.2) is 17.5 Å². The molecule has 0 bridgehead atoms. The maximum absolute atomic E-state index is 5.87. The molecule has 0 unspecified atom stereocenters. The van der Waals surface area contributed by atoms with E-state index < -0.39 is 0 Å². The van der Waals surface area contributed by atoms with Gasteiger partial charge in [-0.15, -0.1) is 11.3 Å². The summed E-state index contributed by atoms with van der Waals surface area (Å²) in [6, 6.07) is 3.93. The summed E-state index contributed by atoms with van der Waals surface area (Å²) in [7, 11) is 0. The molecule has 2 heterocycles. The maximum Gasteiger partial charge on any atom is 0.172 e. The van der Waals surface area contributed by atoms with Crippen molar-refractivity contribution >= 4 is 17.2 Å². The topological polar surface area (TPSA) is 51.8 Å². The lowest BCUT2D eigenvalue weighted by molar-refractivity contribution is 0.568. The molecule has 2 rings (SSSR count). The highest BCUT2D eigenvalue weighted by molar-refractivity contribution is 7.13. The molecule has 3 nitrogen and oxygen atoms in total. The minimum Gasteiger partial charge on any atom is -0.384 e. The normalized spacial score (nSPS) is 11.8. The van der Waals surface area contributed by atoms with E-state index in [9.17, 15) is 0 Å². The van der Waals surface area contributed by atoms with E-state index in [0.717, 1.165) is 16.4 Å². The second-order valence-corrected chi connectivity index (χ2v) is 6.10. The molecule has 0 saturated heterocycles. The van der Waals surface area contributed by atoms with Crippen LogP contribution in [0.2, 0.25) is 0 Å². The van der Waals surface area contributed by atoms with Crippen molar-refractivity contribution in [3.63, 3.8) is 0 Å². The first kappa shape index (κ1) is 12.0. The molecule has 2 N–H and O–H groups in total. The van der Waals surface area contributed by atoms with Gasteiger partial charge < -0.3 is 5.73 Å². The van der Waals surface area contributed by atoms with Gasteiger partial charge in [-0.2, -0.15) is 0 Å². The van der Waals surface area contributed by atoms with Crippen molar-refractivity contribution in [1.82, 2.24) is 9.97 Å². The van der Waals surface area contributed by atoms with Crippen LogP contribution in [-0.4, -0.2) is 9.97 Å². The highest BCUT2D eigenvalue weighted by atomic mass is 32.1. The fourth-order valence-electron chi connectivity index (χ4n) is 1.55. The lowest BCUT2D eigenvalue weighted by atomic mass is 9.92. The van der Waals surface area contributed by atoms with Crippen molar-refractivity contribution in [3.8, 4) is 10.7 Å². The second-order valence-electron chi connectivity index (χ2n) is 5.18.